The first-order chi connectivity index (χ1) is 7.86. The smallest absolute Gasteiger partial charge is 0.0173 e. The van der Waals surface area contributed by atoms with E-state index in [2.05, 4.69) is 41.5 Å². The molecule has 4 aliphatic rings. The van der Waals surface area contributed by atoms with E-state index in [0.29, 0.717) is 16.2 Å². The Morgan fingerprint density at radius 1 is 1.00 bits per heavy atom. The van der Waals surface area contributed by atoms with Crippen molar-refractivity contribution in [2.24, 2.45) is 51.8 Å². The van der Waals surface area contributed by atoms with Crippen molar-refractivity contribution in [3.63, 3.8) is 0 Å². The molecule has 17 heavy (non-hydrogen) atoms. The van der Waals surface area contributed by atoms with Gasteiger partial charge in [0.25, 0.3) is 0 Å². The quantitative estimate of drug-likeness (QED) is 0.620. The zero-order chi connectivity index (χ0) is 12.4. The summed E-state index contributed by atoms with van der Waals surface area (Å²) in [4.78, 5) is 0. The zero-order valence-corrected chi connectivity index (χ0v) is 12.4. The van der Waals surface area contributed by atoms with Crippen molar-refractivity contribution in [1.29, 1.82) is 0 Å². The van der Waals surface area contributed by atoms with Gasteiger partial charge in [0.15, 0.2) is 0 Å². The Morgan fingerprint density at radius 2 is 1.65 bits per heavy atom. The molecule has 4 saturated carbocycles. The summed E-state index contributed by atoms with van der Waals surface area (Å²) in [6, 6.07) is 0. The average molecular weight is 232 g/mol. The fourth-order valence-electron chi connectivity index (χ4n) is 8.06. The Labute approximate surface area is 107 Å². The van der Waals surface area contributed by atoms with Crippen LogP contribution in [0.3, 0.4) is 0 Å². The lowest BCUT2D eigenvalue weighted by Gasteiger charge is -2.96. The van der Waals surface area contributed by atoms with Crippen LogP contribution in [0.4, 0.5) is 0 Å². The van der Waals surface area contributed by atoms with Crippen molar-refractivity contribution >= 4 is 0 Å². The second-order valence-corrected chi connectivity index (χ2v) is 8.42. The topological polar surface area (TPSA) is 0 Å². The minimum atomic E-state index is 0.693. The largest absolute Gasteiger partial charge is 0.0651 e. The van der Waals surface area contributed by atoms with Crippen molar-refractivity contribution in [3.05, 3.63) is 0 Å². The number of hydrogen-bond donors (Lipinski definition) is 0. The molecule has 0 aromatic heterocycles. The molecule has 0 aliphatic heterocycles. The van der Waals surface area contributed by atoms with Gasteiger partial charge in [0.2, 0.25) is 0 Å². The number of rotatable bonds is 1. The molecule has 96 valence electrons. The van der Waals surface area contributed by atoms with Crippen LogP contribution in [0, 0.1) is 51.8 Å². The van der Waals surface area contributed by atoms with Gasteiger partial charge in [-0.2, -0.15) is 0 Å². The normalized spacial score (nSPS) is 75.2. The molecular formula is C17H28. The Morgan fingerprint density at radius 3 is 2.18 bits per heavy atom. The first kappa shape index (κ1) is 10.9. The summed E-state index contributed by atoms with van der Waals surface area (Å²) in [5.41, 5.74) is 2.09. The predicted molar refractivity (Wildman–Crippen MR) is 71.5 cm³/mol. The maximum atomic E-state index is 2.66. The highest BCUT2D eigenvalue weighted by Gasteiger charge is 2.91. The van der Waals surface area contributed by atoms with Gasteiger partial charge in [-0.15, -0.1) is 0 Å². The highest BCUT2D eigenvalue weighted by Crippen LogP contribution is 2.96. The maximum Gasteiger partial charge on any atom is -0.0173 e. The molecule has 0 bridgehead atoms. The van der Waals surface area contributed by atoms with Crippen LogP contribution in [0.2, 0.25) is 0 Å². The van der Waals surface area contributed by atoms with Crippen LogP contribution in [0.5, 0.6) is 0 Å². The first-order valence-corrected chi connectivity index (χ1v) is 7.86. The van der Waals surface area contributed by atoms with Crippen molar-refractivity contribution in [2.75, 3.05) is 0 Å². The molecule has 0 nitrogen and oxygen atoms in total. The zero-order valence-electron chi connectivity index (χ0n) is 12.4. The van der Waals surface area contributed by atoms with Gasteiger partial charge in [-0.25, -0.2) is 0 Å². The molecule has 4 rings (SSSR count). The number of hydrogen-bond acceptors (Lipinski definition) is 0. The van der Waals surface area contributed by atoms with Crippen LogP contribution >= 0.6 is 0 Å². The summed E-state index contributed by atoms with van der Waals surface area (Å²) >= 11 is 0. The highest BCUT2D eigenvalue weighted by molar-refractivity contribution is 5.38. The summed E-state index contributed by atoms with van der Waals surface area (Å²) in [5, 5.41) is 0. The molecule has 0 aromatic rings. The molecule has 0 aromatic carbocycles. The second kappa shape index (κ2) is 2.49. The minimum absolute atomic E-state index is 0.693. The van der Waals surface area contributed by atoms with Crippen molar-refractivity contribution < 1.29 is 0 Å². The molecular weight excluding hydrogens is 204 g/mol. The second-order valence-electron chi connectivity index (χ2n) is 8.42. The van der Waals surface area contributed by atoms with Gasteiger partial charge in [-0.3, -0.25) is 0 Å². The van der Waals surface area contributed by atoms with Gasteiger partial charge in [0, 0.05) is 0 Å². The van der Waals surface area contributed by atoms with E-state index in [1.54, 1.807) is 0 Å². The van der Waals surface area contributed by atoms with Crippen molar-refractivity contribution in [2.45, 2.75) is 54.4 Å². The van der Waals surface area contributed by atoms with Crippen molar-refractivity contribution in [1.82, 2.24) is 0 Å². The predicted octanol–water partition coefficient (Wildman–Crippen LogP) is 4.60. The molecule has 0 heterocycles. The lowest BCUT2D eigenvalue weighted by molar-refractivity contribution is -0.491. The third-order valence-electron chi connectivity index (χ3n) is 9.34. The van der Waals surface area contributed by atoms with E-state index >= 15 is 0 Å². The Bertz CT molecular complexity index is 399. The van der Waals surface area contributed by atoms with Gasteiger partial charge >= 0.3 is 0 Å². The molecule has 0 N–H and O–H groups in total. The van der Waals surface area contributed by atoms with Crippen LogP contribution < -0.4 is 0 Å². The van der Waals surface area contributed by atoms with Gasteiger partial charge in [0.1, 0.15) is 0 Å². The summed E-state index contributed by atoms with van der Waals surface area (Å²) < 4.78 is 0. The van der Waals surface area contributed by atoms with E-state index in [4.69, 9.17) is 0 Å². The fourth-order valence-corrected chi connectivity index (χ4v) is 8.06. The number of fused-ring (bicyclic) bond motifs is 7. The first-order valence-electron chi connectivity index (χ1n) is 7.86. The molecule has 4 aliphatic carbocycles. The summed E-state index contributed by atoms with van der Waals surface area (Å²) in [6.07, 6.45) is 2.96. The lowest BCUT2D eigenvalue weighted by Crippen LogP contribution is -2.92. The lowest BCUT2D eigenvalue weighted by atomic mass is 9.08. The minimum Gasteiger partial charge on any atom is -0.0651 e. The molecule has 9 atom stereocenters. The molecule has 9 unspecified atom stereocenters. The standard InChI is InChI=1S/C17H28/c1-7-11-10(3)16(5)13(11)14-12-8-9(2)15(12,4)17(14,16)6/h9-14H,7-8H2,1-6H3. The van der Waals surface area contributed by atoms with E-state index in [1.807, 2.05) is 0 Å². The van der Waals surface area contributed by atoms with E-state index in [9.17, 15) is 0 Å². The van der Waals surface area contributed by atoms with Crippen molar-refractivity contribution in [3.8, 4) is 0 Å². The van der Waals surface area contributed by atoms with E-state index in [0.717, 1.165) is 35.5 Å². The van der Waals surface area contributed by atoms with Crippen LogP contribution in [0.25, 0.3) is 0 Å². The Kier molecular flexibility index (Phi) is 1.60. The van der Waals surface area contributed by atoms with Crippen LogP contribution in [0.15, 0.2) is 0 Å². The van der Waals surface area contributed by atoms with Crippen LogP contribution in [-0.2, 0) is 0 Å². The third kappa shape index (κ3) is 0.640. The molecule has 0 radical (unpaired) electrons. The van der Waals surface area contributed by atoms with Gasteiger partial charge in [-0.1, -0.05) is 48.0 Å². The SMILES string of the molecule is CCC1C(C)C2(C)C1C1C3CC(C)C3(C)C12C. The molecule has 0 heteroatoms. The fraction of sp³-hybridized carbons (Fsp3) is 1.00. The summed E-state index contributed by atoms with van der Waals surface area (Å²) in [5.74, 6) is 6.32. The molecule has 0 saturated heterocycles. The molecule has 4 fully saturated rings. The van der Waals surface area contributed by atoms with Crippen LogP contribution in [-0.4, -0.2) is 0 Å². The monoisotopic (exact) mass is 232 g/mol. The van der Waals surface area contributed by atoms with Gasteiger partial charge in [-0.05, 0) is 58.2 Å². The Balaban J connectivity index is 1.75. The summed E-state index contributed by atoms with van der Waals surface area (Å²) in [6.45, 7) is 15.4. The van der Waals surface area contributed by atoms with Gasteiger partial charge in [0.05, 0.1) is 0 Å². The average Bonchev–Trinajstić information content (AvgIpc) is 2.33. The van der Waals surface area contributed by atoms with Crippen LogP contribution in [0.1, 0.15) is 54.4 Å². The maximum absolute atomic E-state index is 2.66. The van der Waals surface area contributed by atoms with E-state index in [1.165, 1.54) is 12.8 Å². The summed E-state index contributed by atoms with van der Waals surface area (Å²) in [7, 11) is 0. The highest BCUT2D eigenvalue weighted by atomic mass is 15.0. The van der Waals surface area contributed by atoms with E-state index in [-0.39, 0.29) is 0 Å². The van der Waals surface area contributed by atoms with E-state index < -0.39 is 0 Å². The Hall–Kier alpha value is 0. The third-order valence-corrected chi connectivity index (χ3v) is 9.34. The van der Waals surface area contributed by atoms with Gasteiger partial charge < -0.3 is 0 Å². The molecule has 0 spiro atoms. The molecule has 0 amide bonds.